The van der Waals surface area contributed by atoms with E-state index in [1.54, 1.807) is 42.6 Å². The van der Waals surface area contributed by atoms with Crippen molar-refractivity contribution in [3.8, 4) is 0 Å². The van der Waals surface area contributed by atoms with Crippen LogP contribution in [0, 0.1) is 6.92 Å². The lowest BCUT2D eigenvalue weighted by atomic mass is 9.98. The van der Waals surface area contributed by atoms with Crippen molar-refractivity contribution in [2.45, 2.75) is 37.6 Å². The van der Waals surface area contributed by atoms with E-state index in [-0.39, 0.29) is 4.80 Å². The molecule has 3 rings (SSSR count). The first kappa shape index (κ1) is 18.9. The fraction of sp³-hybridized carbons (Fsp3) is 0.412. The van der Waals surface area contributed by atoms with Crippen LogP contribution in [0.1, 0.15) is 22.3 Å². The topological polar surface area (TPSA) is 125 Å². The Morgan fingerprint density at radius 1 is 1.19 bits per heavy atom. The van der Waals surface area contributed by atoms with E-state index in [2.05, 4.69) is 4.99 Å². The van der Waals surface area contributed by atoms with Crippen molar-refractivity contribution < 1.29 is 30.0 Å². The summed E-state index contributed by atoms with van der Waals surface area (Å²) in [5.41, 5.74) is 1.07. The second-order valence-corrected chi connectivity index (χ2v) is 6.87. The van der Waals surface area contributed by atoms with Gasteiger partial charge in [-0.3, -0.25) is 9.36 Å². The van der Waals surface area contributed by atoms with Crippen LogP contribution in [0.3, 0.4) is 0 Å². The average Bonchev–Trinajstić information content (AvgIpc) is 3.01. The molecule has 0 unspecified atom stereocenters. The molecule has 2 heterocycles. The van der Waals surface area contributed by atoms with Gasteiger partial charge in [0, 0.05) is 16.6 Å². The molecule has 1 aromatic heterocycles. The lowest BCUT2D eigenvalue weighted by molar-refractivity contribution is -0.252. The first-order valence-corrected chi connectivity index (χ1v) is 8.93. The van der Waals surface area contributed by atoms with E-state index in [1.807, 2.05) is 0 Å². The molecule has 8 nitrogen and oxygen atoms in total. The second-order valence-electron chi connectivity index (χ2n) is 6.03. The zero-order valence-electron chi connectivity index (χ0n) is 14.0. The maximum absolute atomic E-state index is 12.4. The molecule has 2 aromatic rings. The SMILES string of the molecule is Cc1csc(=NC(=O)c2ccccc2)n1[C@@H]1O[C@H](CO)[C@@H](O)[C@H](O)[C@H]1O. The van der Waals surface area contributed by atoms with Gasteiger partial charge in [-0.05, 0) is 19.1 Å². The fourth-order valence-corrected chi connectivity index (χ4v) is 3.71. The summed E-state index contributed by atoms with van der Waals surface area (Å²) in [5, 5.41) is 41.4. The van der Waals surface area contributed by atoms with E-state index in [4.69, 9.17) is 4.74 Å². The number of carbonyl (C=O) groups is 1. The first-order valence-electron chi connectivity index (χ1n) is 8.05. The number of amides is 1. The Labute approximate surface area is 153 Å². The van der Waals surface area contributed by atoms with Crippen molar-refractivity contribution >= 4 is 17.2 Å². The van der Waals surface area contributed by atoms with Crippen molar-refractivity contribution in [3.05, 3.63) is 51.8 Å². The van der Waals surface area contributed by atoms with Crippen LogP contribution in [0.5, 0.6) is 0 Å². The molecule has 1 aromatic carbocycles. The van der Waals surface area contributed by atoms with Crippen molar-refractivity contribution in [3.63, 3.8) is 0 Å². The molecule has 1 aliphatic rings. The molecular formula is C17H20N2O6S. The summed E-state index contributed by atoms with van der Waals surface area (Å²) in [4.78, 5) is 16.7. The van der Waals surface area contributed by atoms with Crippen LogP contribution in [0.25, 0.3) is 0 Å². The quantitative estimate of drug-likeness (QED) is 0.573. The number of nitrogens with zero attached hydrogens (tertiary/aromatic N) is 2. The number of hydrogen-bond donors (Lipinski definition) is 4. The predicted molar refractivity (Wildman–Crippen MR) is 92.4 cm³/mol. The molecule has 5 atom stereocenters. The Balaban J connectivity index is 2.00. The highest BCUT2D eigenvalue weighted by Gasteiger charge is 2.44. The monoisotopic (exact) mass is 380 g/mol. The lowest BCUT2D eigenvalue weighted by Crippen LogP contribution is -2.57. The van der Waals surface area contributed by atoms with Crippen LogP contribution in [0.4, 0.5) is 0 Å². The number of aliphatic hydroxyl groups is 4. The third-order valence-electron chi connectivity index (χ3n) is 4.26. The largest absolute Gasteiger partial charge is 0.394 e. The van der Waals surface area contributed by atoms with Gasteiger partial charge in [-0.2, -0.15) is 4.99 Å². The van der Waals surface area contributed by atoms with Crippen LogP contribution in [0.2, 0.25) is 0 Å². The molecule has 9 heteroatoms. The van der Waals surface area contributed by atoms with Gasteiger partial charge < -0.3 is 25.2 Å². The smallest absolute Gasteiger partial charge is 0.279 e. The molecule has 0 spiro atoms. The average molecular weight is 380 g/mol. The Hall–Kier alpha value is -1.88. The molecule has 4 N–H and O–H groups in total. The van der Waals surface area contributed by atoms with E-state index in [0.29, 0.717) is 11.3 Å². The molecule has 1 aliphatic heterocycles. The number of ether oxygens (including phenoxy) is 1. The van der Waals surface area contributed by atoms with Gasteiger partial charge in [-0.1, -0.05) is 18.2 Å². The van der Waals surface area contributed by atoms with Crippen LogP contribution < -0.4 is 4.80 Å². The van der Waals surface area contributed by atoms with Crippen LogP contribution in [-0.4, -0.2) is 61.9 Å². The molecule has 140 valence electrons. The Morgan fingerprint density at radius 3 is 2.54 bits per heavy atom. The number of hydrogen-bond acceptors (Lipinski definition) is 7. The minimum atomic E-state index is -1.50. The summed E-state index contributed by atoms with van der Waals surface area (Å²) >= 11 is 1.18. The third-order valence-corrected chi connectivity index (χ3v) is 5.22. The van der Waals surface area contributed by atoms with Gasteiger partial charge in [0.05, 0.1) is 6.61 Å². The normalized spacial score (nSPS) is 29.7. The van der Waals surface area contributed by atoms with Crippen molar-refractivity contribution in [2.24, 2.45) is 4.99 Å². The molecule has 0 aliphatic carbocycles. The lowest BCUT2D eigenvalue weighted by Gasteiger charge is -2.40. The fourth-order valence-electron chi connectivity index (χ4n) is 2.82. The van der Waals surface area contributed by atoms with Crippen LogP contribution in [-0.2, 0) is 4.74 Å². The number of aliphatic hydroxyl groups excluding tert-OH is 4. The summed E-state index contributed by atoms with van der Waals surface area (Å²) in [7, 11) is 0. The highest BCUT2D eigenvalue weighted by molar-refractivity contribution is 7.07. The Morgan fingerprint density at radius 2 is 1.88 bits per heavy atom. The van der Waals surface area contributed by atoms with E-state index in [1.165, 1.54) is 15.9 Å². The van der Waals surface area contributed by atoms with E-state index >= 15 is 0 Å². The Kier molecular flexibility index (Phi) is 5.66. The zero-order chi connectivity index (χ0) is 18.8. The van der Waals surface area contributed by atoms with Gasteiger partial charge >= 0.3 is 0 Å². The van der Waals surface area contributed by atoms with E-state index in [9.17, 15) is 25.2 Å². The van der Waals surface area contributed by atoms with Crippen LogP contribution >= 0.6 is 11.3 Å². The molecule has 0 radical (unpaired) electrons. The molecule has 26 heavy (non-hydrogen) atoms. The minimum absolute atomic E-state index is 0.278. The van der Waals surface area contributed by atoms with Crippen LogP contribution in [0.15, 0.2) is 40.7 Å². The molecule has 1 saturated heterocycles. The maximum Gasteiger partial charge on any atom is 0.279 e. The number of benzene rings is 1. The number of thiazole rings is 1. The van der Waals surface area contributed by atoms with Crippen molar-refractivity contribution in [2.75, 3.05) is 6.61 Å². The van der Waals surface area contributed by atoms with Gasteiger partial charge in [0.1, 0.15) is 24.4 Å². The molecule has 1 fully saturated rings. The highest BCUT2D eigenvalue weighted by atomic mass is 32.1. The zero-order valence-corrected chi connectivity index (χ0v) is 14.8. The van der Waals surface area contributed by atoms with Gasteiger partial charge in [-0.25, -0.2) is 0 Å². The van der Waals surface area contributed by atoms with Crippen molar-refractivity contribution in [1.29, 1.82) is 0 Å². The van der Waals surface area contributed by atoms with E-state index < -0.39 is 43.2 Å². The predicted octanol–water partition coefficient (Wildman–Crippen LogP) is -0.428. The third kappa shape index (κ3) is 3.50. The maximum atomic E-state index is 12.4. The van der Waals surface area contributed by atoms with Crippen molar-refractivity contribution in [1.82, 2.24) is 4.57 Å². The highest BCUT2D eigenvalue weighted by Crippen LogP contribution is 2.28. The standard InChI is InChI=1S/C17H20N2O6S/c1-9-8-26-17(18-15(24)10-5-3-2-4-6-10)19(9)16-14(23)13(22)12(21)11(7-20)25-16/h2-6,8,11-14,16,20-23H,7H2,1H3/t11-,12-,13+,14-,16-/m1/s1. The number of carbonyl (C=O) groups excluding carboxylic acids is 1. The first-order chi connectivity index (χ1) is 12.4. The number of aromatic nitrogens is 1. The number of aryl methyl sites for hydroxylation is 1. The van der Waals surface area contributed by atoms with E-state index in [0.717, 1.165) is 0 Å². The van der Waals surface area contributed by atoms with Gasteiger partial charge in [0.15, 0.2) is 11.0 Å². The summed E-state index contributed by atoms with van der Waals surface area (Å²) in [6, 6.07) is 8.54. The summed E-state index contributed by atoms with van der Waals surface area (Å²) in [5.74, 6) is -0.453. The summed E-state index contributed by atoms with van der Waals surface area (Å²) in [6.45, 7) is 1.21. The van der Waals surface area contributed by atoms with Gasteiger partial charge in [0.2, 0.25) is 0 Å². The minimum Gasteiger partial charge on any atom is -0.394 e. The molecule has 0 saturated carbocycles. The van der Waals surface area contributed by atoms with Gasteiger partial charge in [-0.15, -0.1) is 11.3 Å². The summed E-state index contributed by atoms with van der Waals surface area (Å²) < 4.78 is 7.05. The van der Waals surface area contributed by atoms with Gasteiger partial charge in [0.25, 0.3) is 5.91 Å². The molecule has 0 bridgehead atoms. The number of rotatable bonds is 3. The summed E-state index contributed by atoms with van der Waals surface area (Å²) in [6.07, 6.45) is -6.54. The second kappa shape index (κ2) is 7.78. The molecular weight excluding hydrogens is 360 g/mol. The molecule has 1 amide bonds. The Bertz CT molecular complexity index is 831.